The molecule has 4 N–H and O–H groups in total. The molecule has 0 aromatic carbocycles. The maximum atomic E-state index is 12.2. The number of carbonyl (C=O) groups excluding carboxylic acids is 2. The summed E-state index contributed by atoms with van der Waals surface area (Å²) in [5.74, 6) is 0.141. The maximum Gasteiger partial charge on any atom is 0.227 e. The Labute approximate surface area is 115 Å². The van der Waals surface area contributed by atoms with Gasteiger partial charge in [-0.25, -0.2) is 0 Å². The summed E-state index contributed by atoms with van der Waals surface area (Å²) >= 11 is 0. The van der Waals surface area contributed by atoms with Crippen LogP contribution in [0.2, 0.25) is 0 Å². The molecule has 3 atom stereocenters. The first-order valence-corrected chi connectivity index (χ1v) is 7.05. The first-order chi connectivity index (χ1) is 8.79. The molecule has 110 valence electrons. The van der Waals surface area contributed by atoms with Crippen molar-refractivity contribution in [2.75, 3.05) is 13.6 Å². The van der Waals surface area contributed by atoms with E-state index in [1.807, 2.05) is 20.8 Å². The Morgan fingerprint density at radius 3 is 2.53 bits per heavy atom. The highest BCUT2D eigenvalue weighted by Gasteiger charge is 2.34. The van der Waals surface area contributed by atoms with Crippen molar-refractivity contribution < 1.29 is 9.59 Å². The van der Waals surface area contributed by atoms with Crippen molar-refractivity contribution >= 4 is 11.8 Å². The van der Waals surface area contributed by atoms with Gasteiger partial charge in [0.25, 0.3) is 0 Å². The average Bonchev–Trinajstić information content (AvgIpc) is 2.38. The average molecular weight is 269 g/mol. The Balaban J connectivity index is 2.53. The van der Waals surface area contributed by atoms with Crippen LogP contribution in [0.3, 0.4) is 0 Å². The molecule has 0 saturated heterocycles. The molecule has 19 heavy (non-hydrogen) atoms. The van der Waals surface area contributed by atoms with E-state index in [1.165, 1.54) is 0 Å². The number of nitrogens with one attached hydrogen (secondary N) is 2. The van der Waals surface area contributed by atoms with Gasteiger partial charge in [0.15, 0.2) is 0 Å². The second-order valence-corrected chi connectivity index (χ2v) is 6.24. The summed E-state index contributed by atoms with van der Waals surface area (Å²) in [6, 6.07) is 0.108. The normalized spacial score (nSPS) is 27.7. The van der Waals surface area contributed by atoms with E-state index in [0.717, 1.165) is 19.3 Å². The molecular formula is C14H27N3O2. The molecule has 1 fully saturated rings. The van der Waals surface area contributed by atoms with Crippen LogP contribution >= 0.6 is 0 Å². The first kappa shape index (κ1) is 16.0. The molecule has 0 aliphatic heterocycles. The molecule has 0 aromatic heterocycles. The fourth-order valence-corrected chi connectivity index (χ4v) is 2.63. The zero-order valence-electron chi connectivity index (χ0n) is 12.5. The summed E-state index contributed by atoms with van der Waals surface area (Å²) in [5.41, 5.74) is 5.42. The van der Waals surface area contributed by atoms with Crippen LogP contribution in [0.4, 0.5) is 0 Å². The van der Waals surface area contributed by atoms with Gasteiger partial charge in [-0.3, -0.25) is 9.59 Å². The third-order valence-electron chi connectivity index (χ3n) is 4.25. The molecular weight excluding hydrogens is 242 g/mol. The summed E-state index contributed by atoms with van der Waals surface area (Å²) in [5, 5.41) is 5.52. The molecule has 0 radical (unpaired) electrons. The third kappa shape index (κ3) is 3.93. The Kier molecular flexibility index (Phi) is 5.35. The summed E-state index contributed by atoms with van der Waals surface area (Å²) in [6.45, 7) is 6.03. The molecule has 0 heterocycles. The van der Waals surface area contributed by atoms with Crippen LogP contribution in [0, 0.1) is 17.3 Å². The van der Waals surface area contributed by atoms with E-state index < -0.39 is 5.41 Å². The van der Waals surface area contributed by atoms with E-state index in [9.17, 15) is 9.59 Å². The van der Waals surface area contributed by atoms with Crippen molar-refractivity contribution in [3.8, 4) is 0 Å². The minimum atomic E-state index is -0.593. The Morgan fingerprint density at radius 2 is 1.95 bits per heavy atom. The largest absolute Gasteiger partial charge is 0.359 e. The van der Waals surface area contributed by atoms with Crippen molar-refractivity contribution in [3.05, 3.63) is 0 Å². The second kappa shape index (κ2) is 6.37. The van der Waals surface area contributed by atoms with Crippen molar-refractivity contribution in [1.29, 1.82) is 0 Å². The van der Waals surface area contributed by atoms with Gasteiger partial charge in [-0.05, 0) is 32.6 Å². The molecule has 0 bridgehead atoms. The maximum absolute atomic E-state index is 12.2. The van der Waals surface area contributed by atoms with Crippen LogP contribution < -0.4 is 16.4 Å². The van der Waals surface area contributed by atoms with Gasteiger partial charge in [0, 0.05) is 25.6 Å². The summed E-state index contributed by atoms with van der Waals surface area (Å²) in [7, 11) is 1.61. The molecule has 3 unspecified atom stereocenters. The molecule has 5 heteroatoms. The topological polar surface area (TPSA) is 84.2 Å². The lowest BCUT2D eigenvalue weighted by Gasteiger charge is -2.33. The van der Waals surface area contributed by atoms with E-state index in [0.29, 0.717) is 6.54 Å². The second-order valence-electron chi connectivity index (χ2n) is 6.24. The molecule has 0 spiro atoms. The molecule has 2 amide bonds. The first-order valence-electron chi connectivity index (χ1n) is 7.05. The van der Waals surface area contributed by atoms with E-state index in [2.05, 4.69) is 10.6 Å². The van der Waals surface area contributed by atoms with Gasteiger partial charge >= 0.3 is 0 Å². The summed E-state index contributed by atoms with van der Waals surface area (Å²) in [4.78, 5) is 23.9. The van der Waals surface area contributed by atoms with Crippen LogP contribution in [0.5, 0.6) is 0 Å². The van der Waals surface area contributed by atoms with Crippen LogP contribution in [-0.4, -0.2) is 31.4 Å². The smallest absolute Gasteiger partial charge is 0.227 e. The number of hydrogen-bond donors (Lipinski definition) is 3. The van der Waals surface area contributed by atoms with Crippen LogP contribution in [0.25, 0.3) is 0 Å². The van der Waals surface area contributed by atoms with E-state index in [4.69, 9.17) is 5.73 Å². The highest BCUT2D eigenvalue weighted by molar-refractivity contribution is 5.84. The predicted molar refractivity (Wildman–Crippen MR) is 75.3 cm³/mol. The van der Waals surface area contributed by atoms with Gasteiger partial charge in [-0.2, -0.15) is 0 Å². The van der Waals surface area contributed by atoms with Gasteiger partial charge in [0.2, 0.25) is 11.8 Å². The molecule has 1 aliphatic carbocycles. The third-order valence-corrected chi connectivity index (χ3v) is 4.25. The number of hydrogen-bond acceptors (Lipinski definition) is 3. The van der Waals surface area contributed by atoms with Crippen molar-refractivity contribution in [2.45, 2.75) is 46.1 Å². The Hall–Kier alpha value is -1.10. The minimum Gasteiger partial charge on any atom is -0.359 e. The lowest BCUT2D eigenvalue weighted by Crippen LogP contribution is -2.48. The van der Waals surface area contributed by atoms with Gasteiger partial charge < -0.3 is 16.4 Å². The van der Waals surface area contributed by atoms with Crippen molar-refractivity contribution in [3.63, 3.8) is 0 Å². The summed E-state index contributed by atoms with van der Waals surface area (Å²) < 4.78 is 0. The fourth-order valence-electron chi connectivity index (χ4n) is 2.63. The minimum absolute atomic E-state index is 0.0239. The number of rotatable bonds is 4. The van der Waals surface area contributed by atoms with Gasteiger partial charge in [0.05, 0.1) is 5.41 Å². The Bertz CT molecular complexity index is 342. The molecule has 0 aromatic rings. The van der Waals surface area contributed by atoms with E-state index in [1.54, 1.807) is 7.05 Å². The zero-order chi connectivity index (χ0) is 14.6. The SMILES string of the molecule is CNC(=O)C(C)(C)CNC(=O)C1CCCC(N)C1C. The number of carbonyl (C=O) groups is 2. The standard InChI is InChI=1S/C14H27N3O2/c1-9-10(6-5-7-11(9)15)12(18)17-8-14(2,3)13(19)16-4/h9-11H,5-8,15H2,1-4H3,(H,16,19)(H,17,18). The molecule has 1 saturated carbocycles. The van der Waals surface area contributed by atoms with E-state index >= 15 is 0 Å². The fraction of sp³-hybridized carbons (Fsp3) is 0.857. The van der Waals surface area contributed by atoms with Gasteiger partial charge in [-0.15, -0.1) is 0 Å². The summed E-state index contributed by atoms with van der Waals surface area (Å²) in [6.07, 6.45) is 2.89. The van der Waals surface area contributed by atoms with Crippen LogP contribution in [-0.2, 0) is 9.59 Å². The molecule has 1 aliphatic rings. The lowest BCUT2D eigenvalue weighted by molar-refractivity contribution is -0.131. The van der Waals surface area contributed by atoms with Gasteiger partial charge in [-0.1, -0.05) is 13.3 Å². The monoisotopic (exact) mass is 269 g/mol. The van der Waals surface area contributed by atoms with Crippen LogP contribution in [0.1, 0.15) is 40.0 Å². The molecule has 5 nitrogen and oxygen atoms in total. The quantitative estimate of drug-likeness (QED) is 0.700. The highest BCUT2D eigenvalue weighted by Crippen LogP contribution is 2.29. The van der Waals surface area contributed by atoms with Crippen LogP contribution in [0.15, 0.2) is 0 Å². The zero-order valence-corrected chi connectivity index (χ0v) is 12.5. The van der Waals surface area contributed by atoms with Crippen molar-refractivity contribution in [1.82, 2.24) is 10.6 Å². The van der Waals surface area contributed by atoms with Crippen molar-refractivity contribution in [2.24, 2.45) is 23.0 Å². The lowest BCUT2D eigenvalue weighted by atomic mass is 9.76. The van der Waals surface area contributed by atoms with E-state index in [-0.39, 0.29) is 29.7 Å². The molecule has 1 rings (SSSR count). The number of nitrogens with two attached hydrogens (primary N) is 1. The predicted octanol–water partition coefficient (Wildman–Crippen LogP) is 0.638. The van der Waals surface area contributed by atoms with Gasteiger partial charge in [0.1, 0.15) is 0 Å². The number of amides is 2. The highest BCUT2D eigenvalue weighted by atomic mass is 16.2. The Morgan fingerprint density at radius 1 is 1.32 bits per heavy atom.